The Hall–Kier alpha value is -3.01. The van der Waals surface area contributed by atoms with E-state index < -0.39 is 0 Å². The van der Waals surface area contributed by atoms with E-state index in [2.05, 4.69) is 28.2 Å². The number of benzene rings is 2. The molecule has 0 N–H and O–H groups in total. The van der Waals surface area contributed by atoms with Crippen LogP contribution in [0.5, 0.6) is 0 Å². The third kappa shape index (κ3) is 2.05. The maximum Gasteiger partial charge on any atom is 0.164 e. The first-order chi connectivity index (χ1) is 10.8. The molecular weight excluding hydrogens is 272 g/mol. The first kappa shape index (κ1) is 12.7. The molecule has 0 aliphatic rings. The summed E-state index contributed by atoms with van der Waals surface area (Å²) in [5.74, 6) is 0.810. The van der Waals surface area contributed by atoms with Crippen LogP contribution in [0, 0.1) is 6.92 Å². The summed E-state index contributed by atoms with van der Waals surface area (Å²) in [5.41, 5.74) is 4.01. The van der Waals surface area contributed by atoms with E-state index in [4.69, 9.17) is 5.10 Å². The number of aryl methyl sites for hydroxylation is 1. The number of aromatic nitrogens is 4. The Balaban J connectivity index is 1.91. The van der Waals surface area contributed by atoms with Gasteiger partial charge in [0.15, 0.2) is 5.82 Å². The van der Waals surface area contributed by atoms with Gasteiger partial charge in [0, 0.05) is 16.6 Å². The molecule has 22 heavy (non-hydrogen) atoms. The van der Waals surface area contributed by atoms with Gasteiger partial charge in [0.1, 0.15) is 6.33 Å². The minimum Gasteiger partial charge on any atom is -0.236 e. The molecule has 4 aromatic rings. The van der Waals surface area contributed by atoms with Crippen molar-refractivity contribution in [1.29, 1.82) is 0 Å². The monoisotopic (exact) mass is 286 g/mol. The normalized spacial score (nSPS) is 11.0. The maximum atomic E-state index is 4.73. The van der Waals surface area contributed by atoms with E-state index in [-0.39, 0.29) is 0 Å². The molecular formula is C18H14N4. The highest BCUT2D eigenvalue weighted by molar-refractivity contribution is 5.85. The van der Waals surface area contributed by atoms with Crippen LogP contribution in [0.2, 0.25) is 0 Å². The molecule has 0 aliphatic carbocycles. The quantitative estimate of drug-likeness (QED) is 0.563. The van der Waals surface area contributed by atoms with Crippen molar-refractivity contribution in [2.75, 3.05) is 0 Å². The fraction of sp³-hybridized carbons (Fsp3) is 0.0556. The Morgan fingerprint density at radius 3 is 2.50 bits per heavy atom. The van der Waals surface area contributed by atoms with Gasteiger partial charge in [0.25, 0.3) is 0 Å². The fourth-order valence-electron chi connectivity index (χ4n) is 2.60. The Kier molecular flexibility index (Phi) is 2.93. The summed E-state index contributed by atoms with van der Waals surface area (Å²) >= 11 is 0. The van der Waals surface area contributed by atoms with Gasteiger partial charge in [0.2, 0.25) is 0 Å². The van der Waals surface area contributed by atoms with Gasteiger partial charge in [-0.25, -0.2) is 14.6 Å². The molecule has 0 spiro atoms. The maximum absolute atomic E-state index is 4.73. The van der Waals surface area contributed by atoms with Crippen LogP contribution >= 0.6 is 0 Å². The van der Waals surface area contributed by atoms with Crippen molar-refractivity contribution in [3.63, 3.8) is 0 Å². The molecule has 0 atom stereocenters. The Morgan fingerprint density at radius 2 is 1.64 bits per heavy atom. The average Bonchev–Trinajstić information content (AvgIpc) is 2.97. The highest BCUT2D eigenvalue weighted by atomic mass is 15.3. The molecule has 0 bridgehead atoms. The van der Waals surface area contributed by atoms with E-state index in [0.717, 1.165) is 33.7 Å². The summed E-state index contributed by atoms with van der Waals surface area (Å²) in [7, 11) is 0. The van der Waals surface area contributed by atoms with E-state index in [9.17, 15) is 0 Å². The number of para-hydroxylation sites is 1. The summed E-state index contributed by atoms with van der Waals surface area (Å²) in [4.78, 5) is 8.74. The molecule has 2 heterocycles. The first-order valence-electron chi connectivity index (χ1n) is 7.15. The van der Waals surface area contributed by atoms with Crippen molar-refractivity contribution in [2.24, 2.45) is 0 Å². The van der Waals surface area contributed by atoms with E-state index in [1.165, 1.54) is 0 Å². The summed E-state index contributed by atoms with van der Waals surface area (Å²) in [5, 5.41) is 5.72. The van der Waals surface area contributed by atoms with Crippen molar-refractivity contribution in [1.82, 2.24) is 19.7 Å². The van der Waals surface area contributed by atoms with Gasteiger partial charge in [0.05, 0.1) is 11.2 Å². The lowest BCUT2D eigenvalue weighted by Gasteiger charge is -2.06. The zero-order valence-electron chi connectivity index (χ0n) is 12.1. The first-order valence-corrected chi connectivity index (χ1v) is 7.15. The number of hydrogen-bond acceptors (Lipinski definition) is 3. The molecule has 2 aromatic heterocycles. The average molecular weight is 286 g/mol. The number of rotatable bonds is 2. The van der Waals surface area contributed by atoms with Crippen molar-refractivity contribution in [3.05, 3.63) is 72.7 Å². The van der Waals surface area contributed by atoms with E-state index >= 15 is 0 Å². The molecule has 0 aliphatic heterocycles. The molecule has 4 heteroatoms. The SMILES string of the molecule is Cc1cc(-c2ccccc2)nn1-c1ncnc2ccccc12. The van der Waals surface area contributed by atoms with Crippen LogP contribution in [0.1, 0.15) is 5.69 Å². The van der Waals surface area contributed by atoms with Crippen LogP contribution < -0.4 is 0 Å². The Labute approximate surface area is 128 Å². The van der Waals surface area contributed by atoms with E-state index in [1.54, 1.807) is 6.33 Å². The minimum absolute atomic E-state index is 0.810. The largest absolute Gasteiger partial charge is 0.236 e. The predicted octanol–water partition coefficient (Wildman–Crippen LogP) is 3.79. The molecule has 0 fully saturated rings. The second kappa shape index (κ2) is 5.07. The lowest BCUT2D eigenvalue weighted by molar-refractivity contribution is 0.824. The van der Waals surface area contributed by atoms with Crippen LogP contribution in [0.3, 0.4) is 0 Å². The number of nitrogens with zero attached hydrogens (tertiary/aromatic N) is 4. The molecule has 0 saturated heterocycles. The predicted molar refractivity (Wildman–Crippen MR) is 86.8 cm³/mol. The smallest absolute Gasteiger partial charge is 0.164 e. The van der Waals surface area contributed by atoms with Crippen molar-refractivity contribution < 1.29 is 0 Å². The topological polar surface area (TPSA) is 43.6 Å². The third-order valence-electron chi connectivity index (χ3n) is 3.68. The van der Waals surface area contributed by atoms with Gasteiger partial charge in [-0.2, -0.15) is 5.10 Å². The molecule has 0 saturated carbocycles. The van der Waals surface area contributed by atoms with Crippen molar-refractivity contribution in [2.45, 2.75) is 6.92 Å². The van der Waals surface area contributed by atoms with Crippen molar-refractivity contribution >= 4 is 10.9 Å². The summed E-state index contributed by atoms with van der Waals surface area (Å²) in [6, 6.07) is 20.2. The van der Waals surface area contributed by atoms with E-state index in [1.807, 2.05) is 54.1 Å². The Morgan fingerprint density at radius 1 is 0.864 bits per heavy atom. The second-order valence-corrected chi connectivity index (χ2v) is 5.16. The second-order valence-electron chi connectivity index (χ2n) is 5.16. The van der Waals surface area contributed by atoms with Gasteiger partial charge in [-0.05, 0) is 25.1 Å². The lowest BCUT2D eigenvalue weighted by Crippen LogP contribution is -2.03. The molecule has 2 aromatic carbocycles. The zero-order chi connectivity index (χ0) is 14.9. The van der Waals surface area contributed by atoms with Crippen LogP contribution in [-0.2, 0) is 0 Å². The van der Waals surface area contributed by atoms with Crippen LogP contribution in [0.4, 0.5) is 0 Å². The molecule has 0 radical (unpaired) electrons. The molecule has 0 amide bonds. The van der Waals surface area contributed by atoms with Crippen LogP contribution in [-0.4, -0.2) is 19.7 Å². The van der Waals surface area contributed by atoms with Crippen LogP contribution in [0.15, 0.2) is 67.0 Å². The minimum atomic E-state index is 0.810. The third-order valence-corrected chi connectivity index (χ3v) is 3.68. The van der Waals surface area contributed by atoms with E-state index in [0.29, 0.717) is 0 Å². The summed E-state index contributed by atoms with van der Waals surface area (Å²) in [6.45, 7) is 2.04. The van der Waals surface area contributed by atoms with Gasteiger partial charge in [-0.3, -0.25) is 0 Å². The zero-order valence-corrected chi connectivity index (χ0v) is 12.1. The van der Waals surface area contributed by atoms with Crippen LogP contribution in [0.25, 0.3) is 28.0 Å². The van der Waals surface area contributed by atoms with Gasteiger partial charge in [-0.1, -0.05) is 42.5 Å². The van der Waals surface area contributed by atoms with Gasteiger partial charge in [-0.15, -0.1) is 0 Å². The highest BCUT2D eigenvalue weighted by Gasteiger charge is 2.11. The molecule has 106 valence electrons. The van der Waals surface area contributed by atoms with Crippen molar-refractivity contribution in [3.8, 4) is 17.1 Å². The van der Waals surface area contributed by atoms with Gasteiger partial charge >= 0.3 is 0 Å². The summed E-state index contributed by atoms with van der Waals surface area (Å²) < 4.78 is 1.88. The lowest BCUT2D eigenvalue weighted by atomic mass is 10.1. The standard InChI is InChI=1S/C18H14N4/c1-13-11-17(14-7-3-2-4-8-14)21-22(13)18-15-9-5-6-10-16(15)19-12-20-18/h2-12H,1H3. The van der Waals surface area contributed by atoms with Gasteiger partial charge < -0.3 is 0 Å². The fourth-order valence-corrected chi connectivity index (χ4v) is 2.60. The number of fused-ring (bicyclic) bond motifs is 1. The molecule has 0 unspecified atom stereocenters. The number of hydrogen-bond donors (Lipinski definition) is 0. The Bertz CT molecular complexity index is 936. The summed E-state index contributed by atoms with van der Waals surface area (Å²) in [6.07, 6.45) is 1.58. The molecule has 4 rings (SSSR count). The highest BCUT2D eigenvalue weighted by Crippen LogP contribution is 2.23. The molecule has 4 nitrogen and oxygen atoms in total.